The van der Waals surface area contributed by atoms with Gasteiger partial charge in [-0.05, 0) is 50.1 Å². The van der Waals surface area contributed by atoms with Gasteiger partial charge in [-0.15, -0.1) is 0 Å². The van der Waals surface area contributed by atoms with Crippen LogP contribution in [0, 0.1) is 20.8 Å². The fourth-order valence-electron chi connectivity index (χ4n) is 3.36. The maximum atomic E-state index is 12.6. The van der Waals surface area contributed by atoms with Gasteiger partial charge in [0, 0.05) is 17.4 Å². The molecular formula is C21H20N4O2. The van der Waals surface area contributed by atoms with Crippen LogP contribution >= 0.6 is 0 Å². The zero-order valence-electron chi connectivity index (χ0n) is 15.5. The highest BCUT2D eigenvalue weighted by Crippen LogP contribution is 2.30. The van der Waals surface area contributed by atoms with Crippen molar-refractivity contribution in [3.05, 3.63) is 65.7 Å². The number of rotatable bonds is 4. The van der Waals surface area contributed by atoms with Crippen molar-refractivity contribution in [2.75, 3.05) is 5.32 Å². The van der Waals surface area contributed by atoms with E-state index >= 15 is 0 Å². The average molecular weight is 360 g/mol. The first-order valence-corrected chi connectivity index (χ1v) is 8.76. The molecule has 0 unspecified atom stereocenters. The van der Waals surface area contributed by atoms with Crippen LogP contribution in [-0.2, 0) is 11.3 Å². The second-order valence-electron chi connectivity index (χ2n) is 6.59. The predicted molar refractivity (Wildman–Crippen MR) is 105 cm³/mol. The Labute approximate surface area is 156 Å². The summed E-state index contributed by atoms with van der Waals surface area (Å²) in [7, 11) is 0. The van der Waals surface area contributed by atoms with Crippen LogP contribution in [0.5, 0.6) is 0 Å². The number of fused-ring (bicyclic) bond motifs is 1. The molecule has 0 spiro atoms. The minimum atomic E-state index is -0.137. The monoisotopic (exact) mass is 360 g/mol. The van der Waals surface area contributed by atoms with Crippen LogP contribution in [0.2, 0.25) is 0 Å². The summed E-state index contributed by atoms with van der Waals surface area (Å²) in [6.45, 7) is 5.96. The molecule has 4 aromatic rings. The highest BCUT2D eigenvalue weighted by molar-refractivity contribution is 5.96. The van der Waals surface area contributed by atoms with Crippen molar-refractivity contribution in [1.82, 2.24) is 14.8 Å². The van der Waals surface area contributed by atoms with Gasteiger partial charge in [0.1, 0.15) is 12.3 Å². The number of nitrogens with zero attached hydrogens (tertiary/aromatic N) is 3. The van der Waals surface area contributed by atoms with Gasteiger partial charge in [-0.1, -0.05) is 18.2 Å². The van der Waals surface area contributed by atoms with Gasteiger partial charge in [-0.3, -0.25) is 4.79 Å². The van der Waals surface area contributed by atoms with E-state index in [0.717, 1.165) is 39.2 Å². The predicted octanol–water partition coefficient (Wildman–Crippen LogP) is 4.26. The lowest BCUT2D eigenvalue weighted by Crippen LogP contribution is -2.20. The minimum absolute atomic E-state index is 0.0900. The number of aryl methyl sites for hydroxylation is 3. The molecular weight excluding hydrogens is 340 g/mol. The van der Waals surface area contributed by atoms with Crippen LogP contribution in [0.25, 0.3) is 22.4 Å². The van der Waals surface area contributed by atoms with Crippen molar-refractivity contribution in [2.24, 2.45) is 0 Å². The number of aromatic nitrogens is 3. The Morgan fingerprint density at radius 1 is 1.11 bits per heavy atom. The number of anilines is 1. The summed E-state index contributed by atoms with van der Waals surface area (Å²) in [5.41, 5.74) is 5.30. The number of benzene rings is 1. The molecule has 1 aromatic carbocycles. The lowest BCUT2D eigenvalue weighted by atomic mass is 10.1. The minimum Gasteiger partial charge on any atom is -0.464 e. The van der Waals surface area contributed by atoms with Gasteiger partial charge < -0.3 is 9.73 Å². The number of para-hydroxylation sites is 1. The molecule has 0 saturated carbocycles. The number of nitrogens with one attached hydrogen (secondary N) is 1. The summed E-state index contributed by atoms with van der Waals surface area (Å²) in [5.74, 6) is 0.618. The number of furan rings is 1. The Hall–Kier alpha value is -3.41. The first kappa shape index (κ1) is 17.0. The summed E-state index contributed by atoms with van der Waals surface area (Å²) >= 11 is 0. The van der Waals surface area contributed by atoms with E-state index in [1.54, 1.807) is 17.1 Å². The number of pyridine rings is 1. The first-order chi connectivity index (χ1) is 13.0. The smallest absolute Gasteiger partial charge is 0.246 e. The molecule has 0 atom stereocenters. The normalized spacial score (nSPS) is 11.1. The highest BCUT2D eigenvalue weighted by atomic mass is 16.3. The van der Waals surface area contributed by atoms with Crippen molar-refractivity contribution in [3.8, 4) is 11.3 Å². The largest absolute Gasteiger partial charge is 0.464 e. The van der Waals surface area contributed by atoms with Gasteiger partial charge in [0.05, 0.1) is 17.3 Å². The SMILES string of the molecule is Cc1cccc(C)c1NC(=O)Cn1nc(C)c2c(-c3ccco3)ccnc21. The van der Waals surface area contributed by atoms with E-state index < -0.39 is 0 Å². The van der Waals surface area contributed by atoms with Crippen LogP contribution < -0.4 is 5.32 Å². The molecule has 4 rings (SSSR count). The zero-order chi connectivity index (χ0) is 19.0. The molecule has 6 nitrogen and oxygen atoms in total. The molecule has 3 heterocycles. The third-order valence-electron chi connectivity index (χ3n) is 4.63. The quantitative estimate of drug-likeness (QED) is 0.590. The van der Waals surface area contributed by atoms with Crippen molar-refractivity contribution < 1.29 is 9.21 Å². The molecule has 1 amide bonds. The first-order valence-electron chi connectivity index (χ1n) is 8.76. The van der Waals surface area contributed by atoms with Gasteiger partial charge >= 0.3 is 0 Å². The van der Waals surface area contributed by atoms with Crippen LogP contribution in [-0.4, -0.2) is 20.7 Å². The molecule has 6 heteroatoms. The van der Waals surface area contributed by atoms with E-state index in [4.69, 9.17) is 4.42 Å². The van der Waals surface area contributed by atoms with Gasteiger partial charge in [0.2, 0.25) is 5.91 Å². The number of carbonyl (C=O) groups excluding carboxylic acids is 1. The maximum Gasteiger partial charge on any atom is 0.246 e. The molecule has 0 aliphatic heterocycles. The zero-order valence-corrected chi connectivity index (χ0v) is 15.5. The van der Waals surface area contributed by atoms with E-state index in [9.17, 15) is 4.79 Å². The standard InChI is InChI=1S/C21H20N4O2/c1-13-6-4-7-14(2)20(13)23-18(26)12-25-21-19(15(3)24-25)16(9-10-22-21)17-8-5-11-27-17/h4-11H,12H2,1-3H3,(H,23,26). The summed E-state index contributed by atoms with van der Waals surface area (Å²) < 4.78 is 7.17. The number of amides is 1. The lowest BCUT2D eigenvalue weighted by molar-refractivity contribution is -0.116. The van der Waals surface area contributed by atoms with Crippen molar-refractivity contribution in [3.63, 3.8) is 0 Å². The molecule has 136 valence electrons. The Morgan fingerprint density at radius 2 is 1.89 bits per heavy atom. The molecule has 0 saturated heterocycles. The second kappa shape index (κ2) is 6.72. The van der Waals surface area contributed by atoms with E-state index in [2.05, 4.69) is 15.4 Å². The fourth-order valence-corrected chi connectivity index (χ4v) is 3.36. The Balaban J connectivity index is 1.67. The Morgan fingerprint density at radius 3 is 2.59 bits per heavy atom. The molecule has 0 radical (unpaired) electrons. The summed E-state index contributed by atoms with van der Waals surface area (Å²) in [4.78, 5) is 17.1. The van der Waals surface area contributed by atoms with Gasteiger partial charge in [0.25, 0.3) is 0 Å². The molecule has 3 aromatic heterocycles. The molecule has 0 aliphatic carbocycles. The van der Waals surface area contributed by atoms with E-state index in [0.29, 0.717) is 5.65 Å². The van der Waals surface area contributed by atoms with E-state index in [1.165, 1.54) is 0 Å². The van der Waals surface area contributed by atoms with Crippen LogP contribution in [0.1, 0.15) is 16.8 Å². The van der Waals surface area contributed by atoms with E-state index in [1.807, 2.05) is 57.2 Å². The third-order valence-corrected chi connectivity index (χ3v) is 4.63. The molecule has 0 bridgehead atoms. The maximum absolute atomic E-state index is 12.6. The number of hydrogen-bond acceptors (Lipinski definition) is 4. The summed E-state index contributed by atoms with van der Waals surface area (Å²) in [5, 5.41) is 8.43. The van der Waals surface area contributed by atoms with Crippen LogP contribution in [0.4, 0.5) is 5.69 Å². The number of hydrogen-bond donors (Lipinski definition) is 1. The molecule has 27 heavy (non-hydrogen) atoms. The summed E-state index contributed by atoms with van der Waals surface area (Å²) in [6.07, 6.45) is 3.35. The third kappa shape index (κ3) is 3.10. The topological polar surface area (TPSA) is 73.0 Å². The number of carbonyl (C=O) groups is 1. The Bertz CT molecular complexity index is 1110. The summed E-state index contributed by atoms with van der Waals surface area (Å²) in [6, 6.07) is 11.6. The lowest BCUT2D eigenvalue weighted by Gasteiger charge is -2.11. The molecule has 0 aliphatic rings. The molecule has 0 fully saturated rings. The molecule has 1 N–H and O–H groups in total. The van der Waals surface area contributed by atoms with Crippen LogP contribution in [0.15, 0.2) is 53.3 Å². The van der Waals surface area contributed by atoms with Gasteiger partial charge in [-0.25, -0.2) is 9.67 Å². The second-order valence-corrected chi connectivity index (χ2v) is 6.59. The van der Waals surface area contributed by atoms with Crippen molar-refractivity contribution in [1.29, 1.82) is 0 Å². The van der Waals surface area contributed by atoms with Gasteiger partial charge in [-0.2, -0.15) is 5.10 Å². The van der Waals surface area contributed by atoms with E-state index in [-0.39, 0.29) is 12.5 Å². The van der Waals surface area contributed by atoms with Crippen molar-refractivity contribution in [2.45, 2.75) is 27.3 Å². The van der Waals surface area contributed by atoms with Crippen molar-refractivity contribution >= 4 is 22.6 Å². The van der Waals surface area contributed by atoms with Gasteiger partial charge in [0.15, 0.2) is 5.65 Å². The fraction of sp³-hybridized carbons (Fsp3) is 0.190. The Kier molecular flexibility index (Phi) is 4.24. The van der Waals surface area contributed by atoms with Crippen LogP contribution in [0.3, 0.4) is 0 Å². The highest BCUT2D eigenvalue weighted by Gasteiger charge is 2.17. The average Bonchev–Trinajstić information content (AvgIpc) is 3.27.